The number of likely N-dealkylation sites (tertiary alicyclic amines) is 1. The number of carbonyl (C=O) groups is 1. The lowest BCUT2D eigenvalue weighted by molar-refractivity contribution is -0.0798. The van der Waals surface area contributed by atoms with Gasteiger partial charge in [-0.1, -0.05) is 6.42 Å². The molecule has 4 N–H and O–H groups in total. The fourth-order valence-corrected chi connectivity index (χ4v) is 4.19. The summed E-state index contributed by atoms with van der Waals surface area (Å²) in [6.07, 6.45) is 3.20. The Morgan fingerprint density at radius 3 is 2.67 bits per heavy atom. The first-order valence-corrected chi connectivity index (χ1v) is 10.9. The molecule has 2 fully saturated rings. The maximum Gasteiger partial charge on any atom is 0.256 e. The summed E-state index contributed by atoms with van der Waals surface area (Å²) in [5.74, 6) is -5.07. The molecule has 6 nitrogen and oxygen atoms in total. The van der Waals surface area contributed by atoms with Crippen molar-refractivity contribution in [2.24, 2.45) is 0 Å². The SMILES string of the molecule is O=C(c1ccc(F)c(F)c1Nc1ccc(F)cc1F)N1CC(O)(CNC2CCCCNC2)C1. The highest BCUT2D eigenvalue weighted by Crippen LogP contribution is 2.31. The van der Waals surface area contributed by atoms with Crippen molar-refractivity contribution in [3.05, 3.63) is 59.2 Å². The van der Waals surface area contributed by atoms with Gasteiger partial charge in [-0.2, -0.15) is 0 Å². The van der Waals surface area contributed by atoms with E-state index in [1.54, 1.807) is 0 Å². The van der Waals surface area contributed by atoms with Crippen LogP contribution in [0.1, 0.15) is 29.6 Å². The fourth-order valence-electron chi connectivity index (χ4n) is 4.19. The van der Waals surface area contributed by atoms with Crippen molar-refractivity contribution < 1.29 is 27.5 Å². The third-order valence-corrected chi connectivity index (χ3v) is 6.04. The van der Waals surface area contributed by atoms with E-state index >= 15 is 0 Å². The average Bonchev–Trinajstić information content (AvgIpc) is 3.04. The number of benzene rings is 2. The van der Waals surface area contributed by atoms with Gasteiger partial charge in [0.1, 0.15) is 17.2 Å². The third-order valence-electron chi connectivity index (χ3n) is 6.04. The Labute approximate surface area is 189 Å². The van der Waals surface area contributed by atoms with E-state index < -0.39 is 40.5 Å². The molecule has 2 aromatic rings. The van der Waals surface area contributed by atoms with Crippen molar-refractivity contribution in [1.29, 1.82) is 0 Å². The molecule has 1 atom stereocenters. The molecule has 2 aliphatic rings. The van der Waals surface area contributed by atoms with Gasteiger partial charge in [0, 0.05) is 25.2 Å². The fraction of sp³-hybridized carbons (Fsp3) is 0.435. The van der Waals surface area contributed by atoms with E-state index in [2.05, 4.69) is 16.0 Å². The molecule has 0 spiro atoms. The Morgan fingerprint density at radius 1 is 1.12 bits per heavy atom. The molecule has 2 heterocycles. The lowest BCUT2D eigenvalue weighted by atomic mass is 9.92. The van der Waals surface area contributed by atoms with E-state index in [0.29, 0.717) is 12.6 Å². The molecule has 2 aromatic carbocycles. The Morgan fingerprint density at radius 2 is 1.91 bits per heavy atom. The number of amides is 1. The molecule has 2 saturated heterocycles. The van der Waals surface area contributed by atoms with Crippen molar-refractivity contribution in [2.75, 3.05) is 38.0 Å². The summed E-state index contributed by atoms with van der Waals surface area (Å²) in [5.41, 5.74) is -2.21. The van der Waals surface area contributed by atoms with Crippen molar-refractivity contribution >= 4 is 17.3 Å². The third kappa shape index (κ3) is 5.29. The Balaban J connectivity index is 1.45. The topological polar surface area (TPSA) is 76.6 Å². The highest BCUT2D eigenvalue weighted by molar-refractivity contribution is 6.01. The van der Waals surface area contributed by atoms with Gasteiger partial charge in [-0.15, -0.1) is 0 Å². The molecule has 178 valence electrons. The highest BCUT2D eigenvalue weighted by atomic mass is 19.2. The smallest absolute Gasteiger partial charge is 0.256 e. The number of nitrogens with one attached hydrogen (secondary N) is 3. The Hall–Kier alpha value is -2.69. The summed E-state index contributed by atoms with van der Waals surface area (Å²) in [4.78, 5) is 14.3. The Kier molecular flexibility index (Phi) is 6.87. The standard InChI is InChI=1S/C23H26F4N4O2/c24-14-4-7-19(18(26)9-14)30-21-16(5-6-17(25)20(21)27)22(32)31-12-23(33,13-31)11-29-15-3-1-2-8-28-10-15/h4-7,9,15,28-30,33H,1-3,8,10-13H2. The molecule has 1 unspecified atom stereocenters. The number of β-amino-alcohol motifs (C(OH)–C–C–N with tert-alkyl or cyclic N) is 1. The number of anilines is 2. The van der Waals surface area contributed by atoms with Crippen LogP contribution >= 0.6 is 0 Å². The molecular weight excluding hydrogens is 440 g/mol. The second-order valence-corrected chi connectivity index (χ2v) is 8.70. The van der Waals surface area contributed by atoms with Gasteiger partial charge in [0.25, 0.3) is 5.91 Å². The van der Waals surface area contributed by atoms with Crippen LogP contribution in [-0.2, 0) is 0 Å². The normalized spacial score (nSPS) is 20.2. The van der Waals surface area contributed by atoms with E-state index in [9.17, 15) is 27.5 Å². The minimum atomic E-state index is -1.36. The lowest BCUT2D eigenvalue weighted by Crippen LogP contribution is -2.68. The van der Waals surface area contributed by atoms with Gasteiger partial charge in [0.15, 0.2) is 11.6 Å². The van der Waals surface area contributed by atoms with Crippen LogP contribution in [0.25, 0.3) is 0 Å². The number of halogens is 4. The molecule has 33 heavy (non-hydrogen) atoms. The number of carbonyl (C=O) groups excluding carboxylic acids is 1. The van der Waals surface area contributed by atoms with Gasteiger partial charge in [-0.3, -0.25) is 4.79 Å². The van der Waals surface area contributed by atoms with Gasteiger partial charge in [0.2, 0.25) is 0 Å². The summed E-state index contributed by atoms with van der Waals surface area (Å²) in [7, 11) is 0. The molecule has 0 aliphatic carbocycles. The summed E-state index contributed by atoms with van der Waals surface area (Å²) >= 11 is 0. The van der Waals surface area contributed by atoms with E-state index in [1.807, 2.05) is 0 Å². The van der Waals surface area contributed by atoms with Crippen LogP contribution in [0, 0.1) is 23.3 Å². The summed E-state index contributed by atoms with van der Waals surface area (Å²) in [5, 5.41) is 19.8. The second-order valence-electron chi connectivity index (χ2n) is 8.70. The van der Waals surface area contributed by atoms with Crippen LogP contribution in [0.4, 0.5) is 28.9 Å². The zero-order valence-electron chi connectivity index (χ0n) is 17.9. The largest absolute Gasteiger partial charge is 0.385 e. The molecular formula is C23H26F4N4O2. The van der Waals surface area contributed by atoms with Crippen LogP contribution in [-0.4, -0.2) is 60.3 Å². The predicted molar refractivity (Wildman–Crippen MR) is 115 cm³/mol. The zero-order chi connectivity index (χ0) is 23.6. The van der Waals surface area contributed by atoms with Gasteiger partial charge < -0.3 is 26.0 Å². The summed E-state index contributed by atoms with van der Waals surface area (Å²) in [6, 6.07) is 4.70. The van der Waals surface area contributed by atoms with E-state index in [0.717, 1.165) is 56.6 Å². The molecule has 0 radical (unpaired) electrons. The number of nitrogens with zero attached hydrogens (tertiary/aromatic N) is 1. The summed E-state index contributed by atoms with van der Waals surface area (Å²) < 4.78 is 55.6. The molecule has 10 heteroatoms. The van der Waals surface area contributed by atoms with E-state index in [1.165, 1.54) is 4.90 Å². The molecule has 0 aromatic heterocycles. The predicted octanol–water partition coefficient (Wildman–Crippen LogP) is 2.91. The van der Waals surface area contributed by atoms with Gasteiger partial charge in [0.05, 0.1) is 30.0 Å². The molecule has 0 bridgehead atoms. The monoisotopic (exact) mass is 466 g/mol. The maximum absolute atomic E-state index is 14.5. The first kappa shape index (κ1) is 23.5. The molecule has 1 amide bonds. The molecule has 4 rings (SSSR count). The van der Waals surface area contributed by atoms with Crippen LogP contribution in [0.5, 0.6) is 0 Å². The highest BCUT2D eigenvalue weighted by Gasteiger charge is 2.44. The van der Waals surface area contributed by atoms with Crippen molar-refractivity contribution in [1.82, 2.24) is 15.5 Å². The average molecular weight is 466 g/mol. The number of rotatable bonds is 6. The maximum atomic E-state index is 14.5. The Bertz CT molecular complexity index is 1020. The van der Waals surface area contributed by atoms with Gasteiger partial charge in [-0.25, -0.2) is 17.6 Å². The van der Waals surface area contributed by atoms with Crippen molar-refractivity contribution in [3.63, 3.8) is 0 Å². The van der Waals surface area contributed by atoms with Gasteiger partial charge >= 0.3 is 0 Å². The zero-order valence-corrected chi connectivity index (χ0v) is 17.9. The number of hydrogen-bond acceptors (Lipinski definition) is 5. The molecule has 2 aliphatic heterocycles. The van der Waals surface area contributed by atoms with Crippen LogP contribution in [0.3, 0.4) is 0 Å². The minimum Gasteiger partial charge on any atom is -0.385 e. The second kappa shape index (κ2) is 9.66. The first-order chi connectivity index (χ1) is 15.8. The van der Waals surface area contributed by atoms with Gasteiger partial charge in [-0.05, 0) is 43.7 Å². The lowest BCUT2D eigenvalue weighted by Gasteiger charge is -2.47. The van der Waals surface area contributed by atoms with Crippen molar-refractivity contribution in [3.8, 4) is 0 Å². The van der Waals surface area contributed by atoms with E-state index in [-0.39, 0.29) is 30.4 Å². The summed E-state index contributed by atoms with van der Waals surface area (Å²) in [6.45, 7) is 2.11. The van der Waals surface area contributed by atoms with Crippen LogP contribution in [0.15, 0.2) is 30.3 Å². The van der Waals surface area contributed by atoms with Crippen LogP contribution in [0.2, 0.25) is 0 Å². The van der Waals surface area contributed by atoms with Crippen molar-refractivity contribution in [2.45, 2.75) is 30.9 Å². The number of hydrogen-bond donors (Lipinski definition) is 4. The quantitative estimate of drug-likeness (QED) is 0.493. The molecule has 0 saturated carbocycles. The first-order valence-electron chi connectivity index (χ1n) is 10.9. The minimum absolute atomic E-state index is 0.0162. The van der Waals surface area contributed by atoms with Crippen LogP contribution < -0.4 is 16.0 Å². The van der Waals surface area contributed by atoms with E-state index in [4.69, 9.17) is 0 Å². The number of aliphatic hydroxyl groups is 1.